The van der Waals surface area contributed by atoms with Gasteiger partial charge in [-0.1, -0.05) is 63.6 Å². The zero-order valence-corrected chi connectivity index (χ0v) is 23.6. The molecule has 212 valence electrons. The molecule has 0 saturated carbocycles. The van der Waals surface area contributed by atoms with Crippen molar-refractivity contribution in [3.05, 3.63) is 54.1 Å². The third-order valence-electron chi connectivity index (χ3n) is 7.41. The normalized spacial score (nSPS) is 17.3. The molecule has 0 spiro atoms. The van der Waals surface area contributed by atoms with Crippen LogP contribution in [0.15, 0.2) is 48.5 Å². The molecule has 1 heterocycles. The maximum atomic E-state index is 13.6. The van der Waals surface area contributed by atoms with Crippen LogP contribution in [0.4, 0.5) is 0 Å². The Morgan fingerprint density at radius 3 is 2.54 bits per heavy atom. The maximum Gasteiger partial charge on any atom is 0.247 e. The number of nitrogens with zero attached hydrogens (tertiary/aromatic N) is 1. The number of carbonyl (C=O) groups is 3. The van der Waals surface area contributed by atoms with Gasteiger partial charge in [0.1, 0.15) is 11.8 Å². The fourth-order valence-electron chi connectivity index (χ4n) is 5.49. The largest absolute Gasteiger partial charge is 0.496 e. The minimum atomic E-state index is -0.655. The molecule has 3 atom stereocenters. The molecule has 3 amide bonds. The lowest BCUT2D eigenvalue weighted by Crippen LogP contribution is -2.51. The molecule has 1 fully saturated rings. The van der Waals surface area contributed by atoms with E-state index in [-0.39, 0.29) is 17.7 Å². The number of hydrogen-bond donors (Lipinski definition) is 3. The molecule has 0 aliphatic carbocycles. The minimum Gasteiger partial charge on any atom is -0.496 e. The summed E-state index contributed by atoms with van der Waals surface area (Å²) in [5, 5.41) is 12.3. The molecule has 0 unspecified atom stereocenters. The third kappa shape index (κ3) is 8.05. The summed E-state index contributed by atoms with van der Waals surface area (Å²) in [4.78, 5) is 41.4. The summed E-state index contributed by atoms with van der Waals surface area (Å²) in [5.41, 5.74) is 4.73. The molecule has 1 aliphatic heterocycles. The smallest absolute Gasteiger partial charge is 0.247 e. The number of ether oxygens (including phenoxy) is 1. The Labute approximate surface area is 232 Å². The summed E-state index contributed by atoms with van der Waals surface area (Å²) in [7, 11) is 1.65. The van der Waals surface area contributed by atoms with Gasteiger partial charge < -0.3 is 15.0 Å². The highest BCUT2D eigenvalue weighted by Gasteiger charge is 2.36. The summed E-state index contributed by atoms with van der Waals surface area (Å²) >= 11 is 0. The highest BCUT2D eigenvalue weighted by molar-refractivity contribution is 5.91. The summed E-state index contributed by atoms with van der Waals surface area (Å²) in [5.74, 6) is -1.29. The summed E-state index contributed by atoms with van der Waals surface area (Å²) in [6.45, 7) is 6.99. The van der Waals surface area contributed by atoms with Crippen molar-refractivity contribution >= 4 is 17.7 Å². The van der Waals surface area contributed by atoms with E-state index in [1.165, 1.54) is 0 Å². The Balaban J connectivity index is 1.78. The van der Waals surface area contributed by atoms with Gasteiger partial charge in [0, 0.05) is 24.6 Å². The average molecular weight is 538 g/mol. The molecule has 8 nitrogen and oxygen atoms in total. The number of likely N-dealkylation sites (tertiary alicyclic amines) is 1. The fraction of sp³-hybridized carbons (Fsp3) is 0.516. The van der Waals surface area contributed by atoms with E-state index < -0.39 is 23.8 Å². The zero-order chi connectivity index (χ0) is 28.4. The van der Waals surface area contributed by atoms with E-state index in [0.717, 1.165) is 35.3 Å². The molecule has 1 aliphatic rings. The van der Waals surface area contributed by atoms with E-state index in [0.29, 0.717) is 38.8 Å². The highest BCUT2D eigenvalue weighted by Crippen LogP contribution is 2.31. The summed E-state index contributed by atoms with van der Waals surface area (Å²) in [6, 6.07) is 15.3. The van der Waals surface area contributed by atoms with Crippen LogP contribution in [0.5, 0.6) is 5.75 Å². The second-order valence-corrected chi connectivity index (χ2v) is 10.8. The van der Waals surface area contributed by atoms with Crippen molar-refractivity contribution in [2.75, 3.05) is 13.7 Å². The lowest BCUT2D eigenvalue weighted by Gasteiger charge is -2.29. The number of para-hydroxylation sites is 1. The van der Waals surface area contributed by atoms with E-state index in [9.17, 15) is 19.6 Å². The molecule has 8 heteroatoms. The monoisotopic (exact) mass is 537 g/mol. The number of rotatable bonds is 12. The van der Waals surface area contributed by atoms with Gasteiger partial charge in [0.2, 0.25) is 17.7 Å². The van der Waals surface area contributed by atoms with Crippen molar-refractivity contribution in [2.45, 2.75) is 71.9 Å². The Kier molecular flexibility index (Phi) is 11.3. The molecule has 3 rings (SSSR count). The van der Waals surface area contributed by atoms with Gasteiger partial charge in [0.15, 0.2) is 0 Å². The third-order valence-corrected chi connectivity index (χ3v) is 7.41. The van der Waals surface area contributed by atoms with Gasteiger partial charge in [0.05, 0.1) is 13.0 Å². The lowest BCUT2D eigenvalue weighted by molar-refractivity contribution is -0.143. The Morgan fingerprint density at radius 1 is 1.08 bits per heavy atom. The number of nitrogens with one attached hydrogen (secondary N) is 2. The highest BCUT2D eigenvalue weighted by atomic mass is 16.5. The van der Waals surface area contributed by atoms with E-state index in [2.05, 4.69) is 11.4 Å². The van der Waals surface area contributed by atoms with Crippen molar-refractivity contribution < 1.29 is 24.3 Å². The maximum absolute atomic E-state index is 13.6. The zero-order valence-electron chi connectivity index (χ0n) is 23.6. The van der Waals surface area contributed by atoms with Gasteiger partial charge in [-0.05, 0) is 61.3 Å². The average Bonchev–Trinajstić information content (AvgIpc) is 3.10. The second-order valence-electron chi connectivity index (χ2n) is 10.8. The van der Waals surface area contributed by atoms with Crippen molar-refractivity contribution in [3.8, 4) is 16.9 Å². The first-order valence-corrected chi connectivity index (χ1v) is 14.0. The summed E-state index contributed by atoms with van der Waals surface area (Å²) in [6.07, 6.45) is 3.89. The van der Waals surface area contributed by atoms with Crippen LogP contribution in [0, 0.1) is 17.8 Å². The molecule has 39 heavy (non-hydrogen) atoms. The number of hydrogen-bond acceptors (Lipinski definition) is 5. The minimum absolute atomic E-state index is 0.106. The molecule has 1 saturated heterocycles. The molecular formula is C31H43N3O5. The van der Waals surface area contributed by atoms with Gasteiger partial charge in [-0.3, -0.25) is 19.6 Å². The number of hydroxylamine groups is 1. The standard InChI is InChI=1S/C31H43N3O5/c1-5-11-25(30(36)33-38)26(18-21(2)3)29(35)32-27-15-8-9-17-34(31(27)37)20-22-12-10-13-23(19-22)24-14-6-7-16-28(24)39-4/h6-7,10,12-14,16,19,21,25-27,38H,5,8-9,11,15,17-18,20H2,1-4H3,(H,32,35)(H,33,36)/t25-,26+,27-/m0/s1. The van der Waals surface area contributed by atoms with Crippen LogP contribution in [0.1, 0.15) is 64.9 Å². The van der Waals surface area contributed by atoms with Gasteiger partial charge in [0.25, 0.3) is 0 Å². The molecule has 3 N–H and O–H groups in total. The first-order valence-electron chi connectivity index (χ1n) is 14.0. The van der Waals surface area contributed by atoms with Crippen molar-refractivity contribution in [1.29, 1.82) is 0 Å². The van der Waals surface area contributed by atoms with Crippen LogP contribution in [0.2, 0.25) is 0 Å². The van der Waals surface area contributed by atoms with Gasteiger partial charge in [-0.25, -0.2) is 5.48 Å². The molecule has 0 radical (unpaired) electrons. The molecule has 2 aromatic rings. The molecular weight excluding hydrogens is 494 g/mol. The summed E-state index contributed by atoms with van der Waals surface area (Å²) < 4.78 is 5.53. The van der Waals surface area contributed by atoms with E-state index in [4.69, 9.17) is 4.74 Å². The van der Waals surface area contributed by atoms with Gasteiger partial charge in [-0.15, -0.1) is 0 Å². The van der Waals surface area contributed by atoms with Crippen LogP contribution in [-0.2, 0) is 20.9 Å². The van der Waals surface area contributed by atoms with Crippen LogP contribution in [0.3, 0.4) is 0 Å². The van der Waals surface area contributed by atoms with Crippen LogP contribution < -0.4 is 15.5 Å². The molecule has 2 aromatic carbocycles. The van der Waals surface area contributed by atoms with Crippen molar-refractivity contribution in [3.63, 3.8) is 0 Å². The Morgan fingerprint density at radius 2 is 1.85 bits per heavy atom. The van der Waals surface area contributed by atoms with Crippen LogP contribution in [-0.4, -0.2) is 47.5 Å². The van der Waals surface area contributed by atoms with Crippen molar-refractivity contribution in [2.24, 2.45) is 17.8 Å². The van der Waals surface area contributed by atoms with Crippen LogP contribution >= 0.6 is 0 Å². The first-order chi connectivity index (χ1) is 18.8. The Hall–Kier alpha value is -3.39. The fourth-order valence-corrected chi connectivity index (χ4v) is 5.49. The van der Waals surface area contributed by atoms with E-state index in [1.54, 1.807) is 12.6 Å². The van der Waals surface area contributed by atoms with Gasteiger partial charge in [-0.2, -0.15) is 0 Å². The van der Waals surface area contributed by atoms with Crippen LogP contribution in [0.25, 0.3) is 11.1 Å². The molecule has 0 bridgehead atoms. The topological polar surface area (TPSA) is 108 Å². The van der Waals surface area contributed by atoms with E-state index in [1.807, 2.05) is 68.1 Å². The number of amides is 3. The number of methoxy groups -OCH3 is 1. The van der Waals surface area contributed by atoms with Gasteiger partial charge >= 0.3 is 0 Å². The Bertz CT molecular complexity index is 1120. The lowest BCUT2D eigenvalue weighted by atomic mass is 9.81. The van der Waals surface area contributed by atoms with E-state index >= 15 is 0 Å². The predicted molar refractivity (Wildman–Crippen MR) is 151 cm³/mol. The predicted octanol–water partition coefficient (Wildman–Crippen LogP) is 4.94. The SMILES string of the molecule is CCC[C@H](C(=O)NO)[C@@H](CC(C)C)C(=O)N[C@H]1CCCCN(Cc2cccc(-c3ccccc3OC)c2)C1=O. The molecule has 0 aromatic heterocycles. The van der Waals surface area contributed by atoms with Crippen molar-refractivity contribution in [1.82, 2.24) is 15.7 Å². The quantitative estimate of drug-likeness (QED) is 0.262. The number of benzene rings is 2. The first kappa shape index (κ1) is 30.2. The second kappa shape index (κ2) is 14.7. The number of carbonyl (C=O) groups excluding carboxylic acids is 3.